The van der Waals surface area contributed by atoms with Crippen molar-refractivity contribution in [3.63, 3.8) is 0 Å². The van der Waals surface area contributed by atoms with Crippen LogP contribution in [0.25, 0.3) is 10.2 Å². The molecule has 2 heterocycles. The first-order chi connectivity index (χ1) is 9.69. The van der Waals surface area contributed by atoms with Crippen LogP contribution in [0.15, 0.2) is 5.03 Å². The molecule has 0 saturated carbocycles. The lowest BCUT2D eigenvalue weighted by Gasteiger charge is -2.18. The molecule has 3 rings (SSSR count). The van der Waals surface area contributed by atoms with Crippen LogP contribution in [0.1, 0.15) is 29.6 Å². The highest BCUT2D eigenvalue weighted by atomic mass is 32.2. The van der Waals surface area contributed by atoms with Crippen LogP contribution in [0.2, 0.25) is 0 Å². The number of rotatable bonds is 4. The van der Waals surface area contributed by atoms with Gasteiger partial charge in [0, 0.05) is 23.1 Å². The third-order valence-corrected chi connectivity index (χ3v) is 5.85. The number of nitrogens with zero attached hydrogens (tertiary/aromatic N) is 2. The number of thiophene rings is 1. The minimum atomic E-state index is 0.762. The molecule has 1 aliphatic carbocycles. The second-order valence-electron chi connectivity index (χ2n) is 5.45. The Bertz CT molecular complexity index is 624. The molecule has 0 N–H and O–H groups in total. The maximum Gasteiger partial charge on any atom is 0.128 e. The second-order valence-corrected chi connectivity index (χ2v) is 7.62. The number of fused-ring (bicyclic) bond motifs is 3. The van der Waals surface area contributed by atoms with Crippen molar-refractivity contribution >= 4 is 33.3 Å². The molecule has 0 aromatic carbocycles. The van der Waals surface area contributed by atoms with Crippen molar-refractivity contribution in [2.75, 3.05) is 19.5 Å². The van der Waals surface area contributed by atoms with Crippen LogP contribution < -0.4 is 0 Å². The fourth-order valence-electron chi connectivity index (χ4n) is 2.74. The highest BCUT2D eigenvalue weighted by Gasteiger charge is 2.23. The van der Waals surface area contributed by atoms with Gasteiger partial charge in [-0.2, -0.15) is 0 Å². The molecule has 2 aromatic rings. The van der Waals surface area contributed by atoms with E-state index in [4.69, 9.17) is 4.74 Å². The number of ether oxygens (including phenoxy) is 1. The normalized spacial score (nSPS) is 18.4. The lowest BCUT2D eigenvalue weighted by molar-refractivity contribution is 0.218. The Morgan fingerprint density at radius 3 is 3.05 bits per heavy atom. The highest BCUT2D eigenvalue weighted by molar-refractivity contribution is 7.99. The van der Waals surface area contributed by atoms with Crippen molar-refractivity contribution in [1.29, 1.82) is 0 Å². The number of aryl methyl sites for hydroxylation is 2. The maximum atomic E-state index is 5.15. The van der Waals surface area contributed by atoms with E-state index in [0.717, 1.165) is 29.1 Å². The lowest BCUT2D eigenvalue weighted by Crippen LogP contribution is -2.08. The molecule has 0 radical (unpaired) electrons. The molecule has 0 saturated heterocycles. The monoisotopic (exact) mass is 308 g/mol. The molecule has 0 bridgehead atoms. The Morgan fingerprint density at radius 2 is 2.25 bits per heavy atom. The fraction of sp³-hybridized carbons (Fsp3) is 0.600. The summed E-state index contributed by atoms with van der Waals surface area (Å²) in [6.07, 6.45) is 3.67. The molecule has 20 heavy (non-hydrogen) atoms. The number of hydrogen-bond acceptors (Lipinski definition) is 5. The molecule has 5 heteroatoms. The van der Waals surface area contributed by atoms with E-state index < -0.39 is 0 Å². The molecule has 0 spiro atoms. The lowest BCUT2D eigenvalue weighted by atomic mass is 9.89. The van der Waals surface area contributed by atoms with Crippen molar-refractivity contribution in [2.45, 2.75) is 38.1 Å². The number of hydrogen-bond donors (Lipinski definition) is 0. The van der Waals surface area contributed by atoms with E-state index in [0.29, 0.717) is 0 Å². The first-order valence-electron chi connectivity index (χ1n) is 7.09. The van der Waals surface area contributed by atoms with Gasteiger partial charge in [0.15, 0.2) is 0 Å². The quantitative estimate of drug-likeness (QED) is 0.488. The third kappa shape index (κ3) is 2.71. The molecule has 2 aromatic heterocycles. The number of aromatic nitrogens is 2. The van der Waals surface area contributed by atoms with Crippen molar-refractivity contribution in [3.8, 4) is 0 Å². The molecule has 0 aliphatic heterocycles. The zero-order valence-corrected chi connectivity index (χ0v) is 13.9. The van der Waals surface area contributed by atoms with E-state index in [1.54, 1.807) is 18.9 Å². The molecular weight excluding hydrogens is 288 g/mol. The van der Waals surface area contributed by atoms with Crippen LogP contribution in [0.4, 0.5) is 0 Å². The summed E-state index contributed by atoms with van der Waals surface area (Å²) in [5, 5.41) is 2.47. The highest BCUT2D eigenvalue weighted by Crippen LogP contribution is 2.40. The van der Waals surface area contributed by atoms with E-state index >= 15 is 0 Å². The van der Waals surface area contributed by atoms with Crippen LogP contribution >= 0.6 is 23.1 Å². The van der Waals surface area contributed by atoms with Crippen LogP contribution in [0.5, 0.6) is 0 Å². The molecule has 1 unspecified atom stereocenters. The minimum Gasteiger partial charge on any atom is -0.384 e. The minimum absolute atomic E-state index is 0.762. The summed E-state index contributed by atoms with van der Waals surface area (Å²) >= 11 is 3.67. The topological polar surface area (TPSA) is 35.0 Å². The third-order valence-electron chi connectivity index (χ3n) is 3.76. The van der Waals surface area contributed by atoms with Gasteiger partial charge in [0.2, 0.25) is 0 Å². The standard InChI is InChI=1S/C15H20N2OS2/c1-9-4-5-11-12(8-9)20-15-13(11)14(16-10(2)17-15)19-7-6-18-3/h9H,4-8H2,1-3H3. The van der Waals surface area contributed by atoms with Gasteiger partial charge in [-0.05, 0) is 37.7 Å². The van der Waals surface area contributed by atoms with Gasteiger partial charge in [0.25, 0.3) is 0 Å². The van der Waals surface area contributed by atoms with Crippen molar-refractivity contribution in [1.82, 2.24) is 9.97 Å². The average Bonchev–Trinajstić information content (AvgIpc) is 2.75. The van der Waals surface area contributed by atoms with Gasteiger partial charge < -0.3 is 4.74 Å². The molecule has 1 atom stereocenters. The summed E-state index contributed by atoms with van der Waals surface area (Å²) in [5.74, 6) is 2.63. The summed E-state index contributed by atoms with van der Waals surface area (Å²) < 4.78 is 5.15. The van der Waals surface area contributed by atoms with Crippen LogP contribution in [0, 0.1) is 12.8 Å². The molecule has 0 amide bonds. The SMILES string of the molecule is COCCSc1nc(C)nc2sc3c(c12)CCC(C)C3. The van der Waals surface area contributed by atoms with Gasteiger partial charge in [-0.3, -0.25) is 0 Å². The molecular formula is C15H20N2OS2. The van der Waals surface area contributed by atoms with Gasteiger partial charge in [-0.1, -0.05) is 6.92 Å². The number of thioether (sulfide) groups is 1. The Kier molecular flexibility index (Phi) is 4.29. The smallest absolute Gasteiger partial charge is 0.128 e. The molecule has 0 fully saturated rings. The van der Waals surface area contributed by atoms with Crippen LogP contribution in [-0.2, 0) is 17.6 Å². The molecule has 108 valence electrons. The van der Waals surface area contributed by atoms with E-state index in [-0.39, 0.29) is 0 Å². The summed E-state index contributed by atoms with van der Waals surface area (Å²) in [7, 11) is 1.75. The Labute approximate surface area is 128 Å². The average molecular weight is 308 g/mol. The van der Waals surface area contributed by atoms with Crippen LogP contribution in [-0.4, -0.2) is 29.4 Å². The van der Waals surface area contributed by atoms with Crippen molar-refractivity contribution in [3.05, 3.63) is 16.3 Å². The van der Waals surface area contributed by atoms with Gasteiger partial charge in [0.05, 0.1) is 6.61 Å². The van der Waals surface area contributed by atoms with Crippen molar-refractivity contribution < 1.29 is 4.74 Å². The predicted octanol–water partition coefficient (Wildman–Crippen LogP) is 3.86. The Hall–Kier alpha value is -0.650. The first kappa shape index (κ1) is 14.3. The number of methoxy groups -OCH3 is 1. The van der Waals surface area contributed by atoms with Gasteiger partial charge >= 0.3 is 0 Å². The predicted molar refractivity (Wildman–Crippen MR) is 85.9 cm³/mol. The zero-order valence-electron chi connectivity index (χ0n) is 12.2. The van der Waals surface area contributed by atoms with Crippen LogP contribution in [0.3, 0.4) is 0 Å². The molecule has 1 aliphatic rings. The summed E-state index contributed by atoms with van der Waals surface area (Å²) in [5.41, 5.74) is 1.52. The fourth-order valence-corrected chi connectivity index (χ4v) is 5.23. The van der Waals surface area contributed by atoms with Gasteiger partial charge in [0.1, 0.15) is 15.7 Å². The van der Waals surface area contributed by atoms with E-state index in [9.17, 15) is 0 Å². The van der Waals surface area contributed by atoms with E-state index in [2.05, 4.69) is 16.9 Å². The summed E-state index contributed by atoms with van der Waals surface area (Å²) in [4.78, 5) is 12.0. The second kappa shape index (κ2) is 6.00. The van der Waals surface area contributed by atoms with E-state index in [1.165, 1.54) is 39.9 Å². The van der Waals surface area contributed by atoms with E-state index in [1.807, 2.05) is 18.3 Å². The Morgan fingerprint density at radius 1 is 1.40 bits per heavy atom. The van der Waals surface area contributed by atoms with Gasteiger partial charge in [-0.15, -0.1) is 23.1 Å². The van der Waals surface area contributed by atoms with Crippen molar-refractivity contribution in [2.24, 2.45) is 5.92 Å². The molecule has 3 nitrogen and oxygen atoms in total. The Balaban J connectivity index is 2.04. The maximum absolute atomic E-state index is 5.15. The largest absolute Gasteiger partial charge is 0.384 e. The summed E-state index contributed by atoms with van der Waals surface area (Å²) in [6, 6.07) is 0. The van der Waals surface area contributed by atoms with Gasteiger partial charge in [-0.25, -0.2) is 9.97 Å². The summed E-state index contributed by atoms with van der Waals surface area (Å²) in [6.45, 7) is 5.10. The zero-order chi connectivity index (χ0) is 14.1. The first-order valence-corrected chi connectivity index (χ1v) is 8.90.